The molecule has 1 aliphatic rings. The number of piperazine rings is 1. The Kier molecular flexibility index (Phi) is 6.25. The highest BCUT2D eigenvalue weighted by atomic mass is 16.3. The van der Waals surface area contributed by atoms with Crippen LogP contribution in [0.3, 0.4) is 0 Å². The SMILES string of the molecule is O=C(NCc1ccccc1)C1CN(Cc2ccccc2)CCN1C(=O)c1ccco1. The molecule has 0 radical (unpaired) electrons. The summed E-state index contributed by atoms with van der Waals surface area (Å²) < 4.78 is 5.29. The summed E-state index contributed by atoms with van der Waals surface area (Å²) in [7, 11) is 0. The fourth-order valence-electron chi connectivity index (χ4n) is 3.74. The van der Waals surface area contributed by atoms with Crippen molar-refractivity contribution in [2.24, 2.45) is 0 Å². The summed E-state index contributed by atoms with van der Waals surface area (Å²) in [6, 6.07) is 22.7. The minimum Gasteiger partial charge on any atom is -0.459 e. The molecular formula is C24H25N3O3. The zero-order valence-corrected chi connectivity index (χ0v) is 16.7. The van der Waals surface area contributed by atoms with E-state index in [1.807, 2.05) is 48.5 Å². The molecule has 0 aliphatic carbocycles. The van der Waals surface area contributed by atoms with E-state index in [1.54, 1.807) is 17.0 Å². The lowest BCUT2D eigenvalue weighted by Crippen LogP contribution is -2.60. The quantitative estimate of drug-likeness (QED) is 0.687. The lowest BCUT2D eigenvalue weighted by atomic mass is 10.1. The van der Waals surface area contributed by atoms with Gasteiger partial charge in [0.05, 0.1) is 6.26 Å². The second-order valence-electron chi connectivity index (χ2n) is 7.42. The molecule has 2 aromatic carbocycles. The number of nitrogens with zero attached hydrogens (tertiary/aromatic N) is 2. The number of hydrogen-bond acceptors (Lipinski definition) is 4. The van der Waals surface area contributed by atoms with Crippen molar-refractivity contribution in [3.63, 3.8) is 0 Å². The van der Waals surface area contributed by atoms with Crippen molar-refractivity contribution in [2.45, 2.75) is 19.1 Å². The summed E-state index contributed by atoms with van der Waals surface area (Å²) in [6.07, 6.45) is 1.48. The highest BCUT2D eigenvalue weighted by Crippen LogP contribution is 2.17. The van der Waals surface area contributed by atoms with Crippen LogP contribution in [0.1, 0.15) is 21.7 Å². The molecule has 6 heteroatoms. The lowest BCUT2D eigenvalue weighted by Gasteiger charge is -2.40. The van der Waals surface area contributed by atoms with Crippen LogP contribution in [0.2, 0.25) is 0 Å². The number of nitrogens with one attached hydrogen (secondary N) is 1. The molecule has 1 aliphatic heterocycles. The van der Waals surface area contributed by atoms with Crippen molar-refractivity contribution in [1.82, 2.24) is 15.1 Å². The average Bonchev–Trinajstić information content (AvgIpc) is 3.33. The summed E-state index contributed by atoms with van der Waals surface area (Å²) >= 11 is 0. The summed E-state index contributed by atoms with van der Waals surface area (Å²) in [5, 5.41) is 2.99. The molecule has 2 heterocycles. The third-order valence-electron chi connectivity index (χ3n) is 5.32. The molecule has 1 saturated heterocycles. The smallest absolute Gasteiger partial charge is 0.290 e. The van der Waals surface area contributed by atoms with Gasteiger partial charge in [-0.05, 0) is 23.3 Å². The van der Waals surface area contributed by atoms with Gasteiger partial charge >= 0.3 is 0 Å². The first-order valence-corrected chi connectivity index (χ1v) is 10.1. The fraction of sp³-hybridized carbons (Fsp3) is 0.250. The molecule has 6 nitrogen and oxygen atoms in total. The second-order valence-corrected chi connectivity index (χ2v) is 7.42. The summed E-state index contributed by atoms with van der Waals surface area (Å²) in [6.45, 7) is 2.81. The first kappa shape index (κ1) is 19.9. The van der Waals surface area contributed by atoms with E-state index in [-0.39, 0.29) is 17.6 Å². The molecule has 1 N–H and O–H groups in total. The molecule has 1 fully saturated rings. The molecule has 154 valence electrons. The normalized spacial score (nSPS) is 16.9. The predicted octanol–water partition coefficient (Wildman–Crippen LogP) is 2.92. The van der Waals surface area contributed by atoms with E-state index in [0.29, 0.717) is 26.2 Å². The van der Waals surface area contributed by atoms with Gasteiger partial charge in [-0.3, -0.25) is 14.5 Å². The van der Waals surface area contributed by atoms with Gasteiger partial charge < -0.3 is 14.6 Å². The standard InChI is InChI=1S/C24H25N3O3/c28-23(25-16-19-8-3-1-4-9-19)21-18-26(17-20-10-5-2-6-11-20)13-14-27(21)24(29)22-12-7-15-30-22/h1-12,15,21H,13-14,16-18H2,(H,25,28). The van der Waals surface area contributed by atoms with E-state index < -0.39 is 6.04 Å². The van der Waals surface area contributed by atoms with Crippen LogP contribution in [-0.2, 0) is 17.9 Å². The average molecular weight is 403 g/mol. The summed E-state index contributed by atoms with van der Waals surface area (Å²) in [4.78, 5) is 29.9. The Morgan fingerprint density at radius 1 is 0.900 bits per heavy atom. The first-order valence-electron chi connectivity index (χ1n) is 10.1. The van der Waals surface area contributed by atoms with E-state index in [0.717, 1.165) is 12.1 Å². The van der Waals surface area contributed by atoms with Crippen LogP contribution in [0.25, 0.3) is 0 Å². The van der Waals surface area contributed by atoms with Crippen molar-refractivity contribution in [3.8, 4) is 0 Å². The molecular weight excluding hydrogens is 378 g/mol. The molecule has 2 amide bonds. The van der Waals surface area contributed by atoms with Crippen molar-refractivity contribution < 1.29 is 14.0 Å². The largest absolute Gasteiger partial charge is 0.459 e. The zero-order chi connectivity index (χ0) is 20.8. The van der Waals surface area contributed by atoms with Crippen molar-refractivity contribution in [3.05, 3.63) is 95.9 Å². The van der Waals surface area contributed by atoms with Crippen LogP contribution < -0.4 is 5.32 Å². The Balaban J connectivity index is 1.48. The van der Waals surface area contributed by atoms with Gasteiger partial charge in [0, 0.05) is 32.7 Å². The Morgan fingerprint density at radius 3 is 2.27 bits per heavy atom. The van der Waals surface area contributed by atoms with Crippen LogP contribution in [0.15, 0.2) is 83.5 Å². The molecule has 1 unspecified atom stereocenters. The molecule has 1 aromatic heterocycles. The number of rotatable bonds is 6. The lowest BCUT2D eigenvalue weighted by molar-refractivity contribution is -0.128. The van der Waals surface area contributed by atoms with Crippen LogP contribution >= 0.6 is 0 Å². The fourth-order valence-corrected chi connectivity index (χ4v) is 3.74. The molecule has 0 bridgehead atoms. The zero-order valence-electron chi connectivity index (χ0n) is 16.7. The molecule has 3 aromatic rings. The highest BCUT2D eigenvalue weighted by molar-refractivity contribution is 5.95. The summed E-state index contributed by atoms with van der Waals surface area (Å²) in [5.74, 6) is -0.150. The van der Waals surface area contributed by atoms with Gasteiger partial charge in [0.25, 0.3) is 5.91 Å². The Hall–Kier alpha value is -3.38. The number of carbonyl (C=O) groups is 2. The third kappa shape index (κ3) is 4.78. The number of benzene rings is 2. The Bertz CT molecular complexity index is 958. The predicted molar refractivity (Wildman–Crippen MR) is 114 cm³/mol. The molecule has 0 saturated carbocycles. The van der Waals surface area contributed by atoms with Gasteiger partial charge in [-0.2, -0.15) is 0 Å². The van der Waals surface area contributed by atoms with Crippen LogP contribution in [-0.4, -0.2) is 47.3 Å². The highest BCUT2D eigenvalue weighted by Gasteiger charge is 2.36. The molecule has 4 rings (SSSR count). The van der Waals surface area contributed by atoms with E-state index in [9.17, 15) is 9.59 Å². The maximum atomic E-state index is 13.1. The minimum absolute atomic E-state index is 0.156. The molecule has 0 spiro atoms. The number of amides is 2. The Morgan fingerprint density at radius 2 is 1.60 bits per heavy atom. The second kappa shape index (κ2) is 9.41. The van der Waals surface area contributed by atoms with Crippen molar-refractivity contribution in [2.75, 3.05) is 19.6 Å². The van der Waals surface area contributed by atoms with Gasteiger partial charge in [0.2, 0.25) is 5.91 Å². The van der Waals surface area contributed by atoms with Gasteiger partial charge in [0.1, 0.15) is 6.04 Å². The molecule has 1 atom stereocenters. The van der Waals surface area contributed by atoms with E-state index in [2.05, 4.69) is 22.3 Å². The van der Waals surface area contributed by atoms with Crippen LogP contribution in [0.5, 0.6) is 0 Å². The van der Waals surface area contributed by atoms with Gasteiger partial charge in [0.15, 0.2) is 5.76 Å². The van der Waals surface area contributed by atoms with Crippen LogP contribution in [0.4, 0.5) is 0 Å². The van der Waals surface area contributed by atoms with Crippen molar-refractivity contribution >= 4 is 11.8 Å². The monoisotopic (exact) mass is 403 g/mol. The van der Waals surface area contributed by atoms with Crippen LogP contribution in [0, 0.1) is 0 Å². The first-order chi connectivity index (χ1) is 14.7. The topological polar surface area (TPSA) is 65.8 Å². The van der Waals surface area contributed by atoms with Gasteiger partial charge in [-0.1, -0.05) is 60.7 Å². The maximum absolute atomic E-state index is 13.1. The molecule has 30 heavy (non-hydrogen) atoms. The van der Waals surface area contributed by atoms with E-state index >= 15 is 0 Å². The van der Waals surface area contributed by atoms with E-state index in [4.69, 9.17) is 4.42 Å². The third-order valence-corrected chi connectivity index (χ3v) is 5.32. The van der Waals surface area contributed by atoms with Crippen molar-refractivity contribution in [1.29, 1.82) is 0 Å². The summed E-state index contributed by atoms with van der Waals surface area (Å²) in [5.41, 5.74) is 2.21. The minimum atomic E-state index is -0.580. The van der Waals surface area contributed by atoms with E-state index in [1.165, 1.54) is 11.8 Å². The number of furan rings is 1. The Labute approximate surface area is 176 Å². The maximum Gasteiger partial charge on any atom is 0.290 e. The van der Waals surface area contributed by atoms with Gasteiger partial charge in [-0.15, -0.1) is 0 Å². The van der Waals surface area contributed by atoms with Gasteiger partial charge in [-0.25, -0.2) is 0 Å². The number of hydrogen-bond donors (Lipinski definition) is 1. The number of carbonyl (C=O) groups excluding carboxylic acids is 2.